The first-order valence-electron chi connectivity index (χ1n) is 6.69. The molecule has 0 saturated carbocycles. The highest BCUT2D eigenvalue weighted by Crippen LogP contribution is 2.58. The Bertz CT molecular complexity index is 367. The summed E-state index contributed by atoms with van der Waals surface area (Å²) >= 11 is 0. The third kappa shape index (κ3) is 5.81. The number of hydrogen-bond donors (Lipinski definition) is 0. The minimum Gasteiger partial charge on any atom is -0.104 e. The summed E-state index contributed by atoms with van der Waals surface area (Å²) in [5, 5.41) is 1.57. The Morgan fingerprint density at radius 3 is 1.67 bits per heavy atom. The van der Waals surface area contributed by atoms with Gasteiger partial charge in [-0.2, -0.15) is 0 Å². The molecule has 1 aromatic carbocycles. The molecule has 2 atom stereocenters. The standard InChI is InChI=1S/C16H28P2/c1-12-10-8-9-11-13(12)14(17-15(2,3)4)18-16(5,6)7/h8-11,14,17-18H,1-7H3. The van der Waals surface area contributed by atoms with Crippen LogP contribution in [0.25, 0.3) is 0 Å². The van der Waals surface area contributed by atoms with Crippen LogP contribution < -0.4 is 0 Å². The van der Waals surface area contributed by atoms with Crippen LogP contribution >= 0.6 is 17.2 Å². The Morgan fingerprint density at radius 1 is 0.833 bits per heavy atom. The van der Waals surface area contributed by atoms with E-state index in [0.29, 0.717) is 10.3 Å². The first kappa shape index (κ1) is 16.1. The largest absolute Gasteiger partial charge is 0.104 e. The molecule has 2 heteroatoms. The monoisotopic (exact) mass is 282 g/mol. The average molecular weight is 282 g/mol. The minimum absolute atomic E-state index is 0.422. The zero-order valence-corrected chi connectivity index (χ0v) is 14.9. The maximum atomic E-state index is 2.36. The number of benzene rings is 1. The summed E-state index contributed by atoms with van der Waals surface area (Å²) in [6.45, 7) is 16.4. The van der Waals surface area contributed by atoms with Crippen molar-refractivity contribution in [2.24, 2.45) is 0 Å². The molecule has 102 valence electrons. The quantitative estimate of drug-likeness (QED) is 0.601. The molecule has 0 amide bonds. The van der Waals surface area contributed by atoms with E-state index in [0.717, 1.165) is 22.6 Å². The van der Waals surface area contributed by atoms with Crippen LogP contribution in [-0.4, -0.2) is 10.3 Å². The third-order valence-corrected chi connectivity index (χ3v) is 6.45. The lowest BCUT2D eigenvalue weighted by atomic mass is 10.1. The highest BCUT2D eigenvalue weighted by molar-refractivity contribution is 7.58. The van der Waals surface area contributed by atoms with E-state index in [1.165, 1.54) is 5.56 Å². The van der Waals surface area contributed by atoms with Crippen molar-refractivity contribution in [1.82, 2.24) is 0 Å². The Morgan fingerprint density at radius 2 is 1.28 bits per heavy atom. The topological polar surface area (TPSA) is 0 Å². The zero-order valence-electron chi connectivity index (χ0n) is 12.9. The predicted octanol–water partition coefficient (Wildman–Crippen LogP) is 5.95. The molecule has 0 radical (unpaired) electrons. The summed E-state index contributed by atoms with van der Waals surface area (Å²) < 4.78 is 0. The van der Waals surface area contributed by atoms with Crippen molar-refractivity contribution >= 4 is 17.2 Å². The van der Waals surface area contributed by atoms with Crippen molar-refractivity contribution in [3.63, 3.8) is 0 Å². The van der Waals surface area contributed by atoms with E-state index in [1.807, 2.05) is 0 Å². The molecule has 0 N–H and O–H groups in total. The molecule has 0 fully saturated rings. The van der Waals surface area contributed by atoms with Crippen LogP contribution in [0.1, 0.15) is 58.1 Å². The summed E-state index contributed by atoms with van der Waals surface area (Å²) in [7, 11) is 1.98. The van der Waals surface area contributed by atoms with Gasteiger partial charge in [-0.05, 0) is 28.4 Å². The van der Waals surface area contributed by atoms with Gasteiger partial charge in [-0.15, -0.1) is 17.2 Å². The van der Waals surface area contributed by atoms with Gasteiger partial charge in [0, 0.05) is 5.40 Å². The van der Waals surface area contributed by atoms with Gasteiger partial charge in [0.25, 0.3) is 0 Å². The fraction of sp³-hybridized carbons (Fsp3) is 0.625. The molecule has 0 heterocycles. The average Bonchev–Trinajstić information content (AvgIpc) is 2.12. The minimum atomic E-state index is 0.422. The Kier molecular flexibility index (Phi) is 5.40. The van der Waals surface area contributed by atoms with Crippen molar-refractivity contribution < 1.29 is 0 Å². The van der Waals surface area contributed by atoms with E-state index in [4.69, 9.17) is 0 Å². The molecule has 18 heavy (non-hydrogen) atoms. The van der Waals surface area contributed by atoms with Gasteiger partial charge in [0.05, 0.1) is 0 Å². The lowest BCUT2D eigenvalue weighted by Crippen LogP contribution is -2.12. The molecule has 2 unspecified atom stereocenters. The van der Waals surface area contributed by atoms with Gasteiger partial charge in [-0.3, -0.25) is 0 Å². The van der Waals surface area contributed by atoms with Crippen molar-refractivity contribution in [1.29, 1.82) is 0 Å². The zero-order chi connectivity index (χ0) is 14.0. The first-order chi connectivity index (χ1) is 8.08. The highest BCUT2D eigenvalue weighted by atomic mass is 31.1. The number of aryl methyl sites for hydroxylation is 1. The molecule has 0 bridgehead atoms. The summed E-state index contributed by atoms with van der Waals surface area (Å²) in [6.07, 6.45) is 0. The second kappa shape index (κ2) is 6.02. The van der Waals surface area contributed by atoms with Gasteiger partial charge in [0.2, 0.25) is 0 Å². The summed E-state index contributed by atoms with van der Waals surface area (Å²) in [4.78, 5) is 0. The number of hydrogen-bond acceptors (Lipinski definition) is 0. The summed E-state index contributed by atoms with van der Waals surface area (Å²) in [5.74, 6) is 0. The lowest BCUT2D eigenvalue weighted by molar-refractivity contribution is 0.779. The van der Waals surface area contributed by atoms with Crippen LogP contribution in [0, 0.1) is 6.92 Å². The van der Waals surface area contributed by atoms with Crippen LogP contribution in [-0.2, 0) is 0 Å². The summed E-state index contributed by atoms with van der Waals surface area (Å²) in [6, 6.07) is 8.92. The molecule has 1 aromatic rings. The van der Waals surface area contributed by atoms with Crippen LogP contribution in [0.15, 0.2) is 24.3 Å². The fourth-order valence-corrected chi connectivity index (χ4v) is 7.55. The van der Waals surface area contributed by atoms with E-state index in [2.05, 4.69) is 72.7 Å². The van der Waals surface area contributed by atoms with Crippen LogP contribution in [0.5, 0.6) is 0 Å². The summed E-state index contributed by atoms with van der Waals surface area (Å²) in [5.41, 5.74) is 3.02. The van der Waals surface area contributed by atoms with Gasteiger partial charge < -0.3 is 0 Å². The van der Waals surface area contributed by atoms with Crippen molar-refractivity contribution in [2.75, 3.05) is 0 Å². The highest BCUT2D eigenvalue weighted by Gasteiger charge is 2.25. The van der Waals surface area contributed by atoms with E-state index in [9.17, 15) is 0 Å². The molecule has 0 aliphatic carbocycles. The van der Waals surface area contributed by atoms with Gasteiger partial charge in [-0.1, -0.05) is 65.8 Å². The van der Waals surface area contributed by atoms with Crippen LogP contribution in [0.2, 0.25) is 0 Å². The van der Waals surface area contributed by atoms with Gasteiger partial charge in [0.15, 0.2) is 0 Å². The molecule has 0 aliphatic heterocycles. The Balaban J connectivity index is 3.01. The van der Waals surface area contributed by atoms with E-state index < -0.39 is 0 Å². The van der Waals surface area contributed by atoms with Gasteiger partial charge in [-0.25, -0.2) is 0 Å². The van der Waals surface area contributed by atoms with Gasteiger partial charge >= 0.3 is 0 Å². The molecule has 0 nitrogen and oxygen atoms in total. The molecule has 0 aliphatic rings. The third-order valence-electron chi connectivity index (χ3n) is 2.65. The van der Waals surface area contributed by atoms with E-state index in [1.54, 1.807) is 5.56 Å². The van der Waals surface area contributed by atoms with E-state index in [-0.39, 0.29) is 0 Å². The van der Waals surface area contributed by atoms with Crippen molar-refractivity contribution in [2.45, 2.75) is 64.2 Å². The van der Waals surface area contributed by atoms with Crippen LogP contribution in [0.3, 0.4) is 0 Å². The maximum Gasteiger partial charge on any atom is 0.0198 e. The van der Waals surface area contributed by atoms with E-state index >= 15 is 0 Å². The Hall–Kier alpha value is 0.0800. The SMILES string of the molecule is Cc1ccccc1C(PC(C)(C)C)PC(C)(C)C. The fourth-order valence-electron chi connectivity index (χ4n) is 1.97. The van der Waals surface area contributed by atoms with Crippen molar-refractivity contribution in [3.8, 4) is 0 Å². The number of rotatable bonds is 3. The molecule has 0 saturated heterocycles. The second-order valence-corrected chi connectivity index (χ2v) is 12.4. The maximum absolute atomic E-state index is 2.36. The molecular formula is C16H28P2. The Labute approximate surface area is 117 Å². The first-order valence-corrected chi connectivity index (χ1v) is 8.85. The molecule has 1 rings (SSSR count). The normalized spacial score (nSPS) is 15.9. The van der Waals surface area contributed by atoms with Crippen molar-refractivity contribution in [3.05, 3.63) is 35.4 Å². The van der Waals surface area contributed by atoms with Gasteiger partial charge in [0.1, 0.15) is 0 Å². The second-order valence-electron chi connectivity index (χ2n) is 7.08. The molecule has 0 aromatic heterocycles. The lowest BCUT2D eigenvalue weighted by Gasteiger charge is -2.32. The predicted molar refractivity (Wildman–Crippen MR) is 90.1 cm³/mol. The van der Waals surface area contributed by atoms with Crippen LogP contribution in [0.4, 0.5) is 0 Å². The molecule has 0 spiro atoms. The smallest absolute Gasteiger partial charge is 0.0198 e. The molecular weight excluding hydrogens is 254 g/mol.